The lowest BCUT2D eigenvalue weighted by atomic mass is 10.2. The molecule has 74 valence electrons. The quantitative estimate of drug-likeness (QED) is 0.577. The van der Waals surface area contributed by atoms with E-state index in [1.54, 1.807) is 0 Å². The highest BCUT2D eigenvalue weighted by Gasteiger charge is 2.28. The molecule has 1 heterocycles. The lowest BCUT2D eigenvalue weighted by Gasteiger charge is -2.20. The SMILES string of the molecule is NC(=O)CCN1CCC[C@@H]1C(N)=O. The van der Waals surface area contributed by atoms with Crippen molar-refractivity contribution in [3.05, 3.63) is 0 Å². The summed E-state index contributed by atoms with van der Waals surface area (Å²) < 4.78 is 0. The van der Waals surface area contributed by atoms with E-state index < -0.39 is 0 Å². The molecule has 1 aliphatic rings. The number of rotatable bonds is 4. The largest absolute Gasteiger partial charge is 0.370 e. The van der Waals surface area contributed by atoms with Crippen molar-refractivity contribution in [1.29, 1.82) is 0 Å². The normalized spacial score (nSPS) is 23.2. The average Bonchev–Trinajstić information content (AvgIpc) is 2.47. The molecule has 1 rings (SSSR count). The molecular weight excluding hydrogens is 170 g/mol. The summed E-state index contributed by atoms with van der Waals surface area (Å²) in [6.45, 7) is 1.38. The van der Waals surface area contributed by atoms with Crippen molar-refractivity contribution in [1.82, 2.24) is 4.90 Å². The monoisotopic (exact) mass is 185 g/mol. The molecule has 1 saturated heterocycles. The molecule has 0 unspecified atom stereocenters. The van der Waals surface area contributed by atoms with Crippen LogP contribution in [0.2, 0.25) is 0 Å². The first-order valence-electron chi connectivity index (χ1n) is 4.43. The minimum atomic E-state index is -0.338. The van der Waals surface area contributed by atoms with Crippen LogP contribution in [-0.4, -0.2) is 35.8 Å². The van der Waals surface area contributed by atoms with Crippen molar-refractivity contribution >= 4 is 11.8 Å². The Bertz CT molecular complexity index is 217. The summed E-state index contributed by atoms with van der Waals surface area (Å²) in [5.41, 5.74) is 10.2. The third kappa shape index (κ3) is 2.69. The van der Waals surface area contributed by atoms with Crippen LogP contribution >= 0.6 is 0 Å². The second kappa shape index (κ2) is 4.23. The van der Waals surface area contributed by atoms with E-state index in [9.17, 15) is 9.59 Å². The fraction of sp³-hybridized carbons (Fsp3) is 0.750. The fourth-order valence-electron chi connectivity index (χ4n) is 1.67. The van der Waals surface area contributed by atoms with Gasteiger partial charge in [-0.3, -0.25) is 14.5 Å². The summed E-state index contributed by atoms with van der Waals surface area (Å²) in [6, 6.07) is -0.195. The smallest absolute Gasteiger partial charge is 0.234 e. The molecular formula is C8H15N3O2. The number of primary amides is 2. The molecule has 0 aromatic carbocycles. The van der Waals surface area contributed by atoms with Crippen molar-refractivity contribution < 1.29 is 9.59 Å². The van der Waals surface area contributed by atoms with E-state index in [4.69, 9.17) is 11.5 Å². The molecule has 0 aromatic heterocycles. The van der Waals surface area contributed by atoms with Gasteiger partial charge in [0.15, 0.2) is 0 Å². The number of nitrogens with zero attached hydrogens (tertiary/aromatic N) is 1. The van der Waals surface area contributed by atoms with Gasteiger partial charge in [0.2, 0.25) is 11.8 Å². The van der Waals surface area contributed by atoms with Crippen molar-refractivity contribution in [2.24, 2.45) is 11.5 Å². The number of likely N-dealkylation sites (tertiary alicyclic amines) is 1. The van der Waals surface area contributed by atoms with E-state index in [1.807, 2.05) is 4.90 Å². The van der Waals surface area contributed by atoms with E-state index in [0.29, 0.717) is 13.0 Å². The van der Waals surface area contributed by atoms with E-state index >= 15 is 0 Å². The predicted octanol–water partition coefficient (Wildman–Crippen LogP) is -1.19. The highest BCUT2D eigenvalue weighted by atomic mass is 16.1. The summed E-state index contributed by atoms with van der Waals surface area (Å²) in [4.78, 5) is 23.4. The maximum atomic E-state index is 10.9. The van der Waals surface area contributed by atoms with Gasteiger partial charge in [-0.25, -0.2) is 0 Å². The standard InChI is InChI=1S/C8H15N3O2/c9-7(12)3-5-11-4-1-2-6(11)8(10)13/h6H,1-5H2,(H2,9,12)(H2,10,13)/t6-/m1/s1. The molecule has 1 fully saturated rings. The Hall–Kier alpha value is -1.10. The van der Waals surface area contributed by atoms with Gasteiger partial charge in [-0.05, 0) is 19.4 Å². The minimum absolute atomic E-state index is 0.195. The van der Waals surface area contributed by atoms with Crippen LogP contribution in [0.1, 0.15) is 19.3 Å². The van der Waals surface area contributed by atoms with Gasteiger partial charge in [0, 0.05) is 13.0 Å². The molecule has 4 N–H and O–H groups in total. The number of hydrogen-bond acceptors (Lipinski definition) is 3. The molecule has 0 bridgehead atoms. The van der Waals surface area contributed by atoms with Crippen LogP contribution in [-0.2, 0) is 9.59 Å². The zero-order valence-electron chi connectivity index (χ0n) is 7.53. The van der Waals surface area contributed by atoms with Crippen LogP contribution in [0.25, 0.3) is 0 Å². The molecule has 0 aromatic rings. The Kier molecular flexibility index (Phi) is 3.25. The van der Waals surface area contributed by atoms with Gasteiger partial charge in [-0.15, -0.1) is 0 Å². The van der Waals surface area contributed by atoms with Gasteiger partial charge in [0.25, 0.3) is 0 Å². The highest BCUT2D eigenvalue weighted by molar-refractivity contribution is 5.80. The van der Waals surface area contributed by atoms with Crippen LogP contribution in [0.15, 0.2) is 0 Å². The Labute approximate surface area is 77.1 Å². The minimum Gasteiger partial charge on any atom is -0.370 e. The molecule has 0 spiro atoms. The van der Waals surface area contributed by atoms with E-state index in [0.717, 1.165) is 19.4 Å². The van der Waals surface area contributed by atoms with Crippen LogP contribution in [0.4, 0.5) is 0 Å². The summed E-state index contributed by atoms with van der Waals surface area (Å²) >= 11 is 0. The molecule has 5 nitrogen and oxygen atoms in total. The first-order chi connectivity index (χ1) is 6.11. The number of amides is 2. The zero-order chi connectivity index (χ0) is 9.84. The topological polar surface area (TPSA) is 89.4 Å². The van der Waals surface area contributed by atoms with Crippen molar-refractivity contribution in [3.8, 4) is 0 Å². The second-order valence-electron chi connectivity index (χ2n) is 3.31. The zero-order valence-corrected chi connectivity index (χ0v) is 7.53. The number of nitrogens with two attached hydrogens (primary N) is 2. The van der Waals surface area contributed by atoms with Gasteiger partial charge in [0.1, 0.15) is 0 Å². The molecule has 5 heteroatoms. The Balaban J connectivity index is 2.39. The van der Waals surface area contributed by atoms with Crippen LogP contribution in [0, 0.1) is 0 Å². The second-order valence-corrected chi connectivity index (χ2v) is 3.31. The number of hydrogen-bond donors (Lipinski definition) is 2. The highest BCUT2D eigenvalue weighted by Crippen LogP contribution is 2.16. The molecule has 0 saturated carbocycles. The fourth-order valence-corrected chi connectivity index (χ4v) is 1.67. The maximum Gasteiger partial charge on any atom is 0.234 e. The summed E-state index contributed by atoms with van der Waals surface area (Å²) in [6.07, 6.45) is 2.06. The van der Waals surface area contributed by atoms with Gasteiger partial charge in [-0.1, -0.05) is 0 Å². The summed E-state index contributed by atoms with van der Waals surface area (Å²) in [5.74, 6) is -0.642. The third-order valence-corrected chi connectivity index (χ3v) is 2.34. The van der Waals surface area contributed by atoms with E-state index in [1.165, 1.54) is 0 Å². The first kappa shape index (κ1) is 9.98. The summed E-state index contributed by atoms with van der Waals surface area (Å²) in [7, 11) is 0. The lowest BCUT2D eigenvalue weighted by Crippen LogP contribution is -2.41. The Morgan fingerprint density at radius 1 is 1.38 bits per heavy atom. The third-order valence-electron chi connectivity index (χ3n) is 2.34. The van der Waals surface area contributed by atoms with Gasteiger partial charge >= 0.3 is 0 Å². The molecule has 0 aliphatic carbocycles. The first-order valence-corrected chi connectivity index (χ1v) is 4.43. The van der Waals surface area contributed by atoms with Gasteiger partial charge in [0.05, 0.1) is 6.04 Å². The van der Waals surface area contributed by atoms with E-state index in [2.05, 4.69) is 0 Å². The lowest BCUT2D eigenvalue weighted by molar-refractivity contribution is -0.123. The molecule has 2 amide bonds. The number of carbonyl (C=O) groups excluding carboxylic acids is 2. The van der Waals surface area contributed by atoms with Crippen LogP contribution in [0.5, 0.6) is 0 Å². The molecule has 1 aliphatic heterocycles. The molecule has 0 radical (unpaired) electrons. The van der Waals surface area contributed by atoms with Crippen molar-refractivity contribution in [2.45, 2.75) is 25.3 Å². The molecule has 1 atom stereocenters. The Morgan fingerprint density at radius 2 is 2.08 bits per heavy atom. The maximum absolute atomic E-state index is 10.9. The van der Waals surface area contributed by atoms with Gasteiger partial charge < -0.3 is 11.5 Å². The van der Waals surface area contributed by atoms with Crippen LogP contribution in [0.3, 0.4) is 0 Å². The van der Waals surface area contributed by atoms with Crippen LogP contribution < -0.4 is 11.5 Å². The van der Waals surface area contributed by atoms with Gasteiger partial charge in [-0.2, -0.15) is 0 Å². The average molecular weight is 185 g/mol. The number of carbonyl (C=O) groups is 2. The predicted molar refractivity (Wildman–Crippen MR) is 47.6 cm³/mol. The molecule has 13 heavy (non-hydrogen) atoms. The Morgan fingerprint density at radius 3 is 2.62 bits per heavy atom. The van der Waals surface area contributed by atoms with Crippen molar-refractivity contribution in [2.75, 3.05) is 13.1 Å². The summed E-state index contributed by atoms with van der Waals surface area (Å²) in [5, 5.41) is 0. The van der Waals surface area contributed by atoms with Crippen molar-refractivity contribution in [3.63, 3.8) is 0 Å². The van der Waals surface area contributed by atoms with E-state index in [-0.39, 0.29) is 17.9 Å².